The minimum Gasteiger partial charge on any atom is -0.497 e. The third-order valence-corrected chi connectivity index (χ3v) is 8.68. The number of hydrogen-bond donors (Lipinski definition) is 1. The smallest absolute Gasteiger partial charge is 0.264 e. The van der Waals surface area contributed by atoms with Crippen LogP contribution in [0.5, 0.6) is 5.75 Å². The van der Waals surface area contributed by atoms with Crippen LogP contribution in [0, 0.1) is 0 Å². The largest absolute Gasteiger partial charge is 0.497 e. The lowest BCUT2D eigenvalue weighted by Crippen LogP contribution is -2.47. The number of nitrogens with zero attached hydrogens (tertiary/aromatic N) is 3. The Morgan fingerprint density at radius 1 is 1.05 bits per heavy atom. The molecule has 1 N–H and O–H groups in total. The summed E-state index contributed by atoms with van der Waals surface area (Å²) in [5.41, 5.74) is 3.29. The zero-order chi connectivity index (χ0) is 28.1. The van der Waals surface area contributed by atoms with Crippen LogP contribution in [0.1, 0.15) is 22.3 Å². The van der Waals surface area contributed by atoms with E-state index < -0.39 is 0 Å². The van der Waals surface area contributed by atoms with Gasteiger partial charge in [-0.05, 0) is 73.1 Å². The molecule has 2 aliphatic heterocycles. The fourth-order valence-corrected chi connectivity index (χ4v) is 6.17. The van der Waals surface area contributed by atoms with Crippen LogP contribution in [0.2, 0.25) is 5.02 Å². The summed E-state index contributed by atoms with van der Waals surface area (Å²) in [5, 5.41) is 3.64. The summed E-state index contributed by atoms with van der Waals surface area (Å²) in [7, 11) is 3.41. The Morgan fingerprint density at radius 2 is 1.80 bits per heavy atom. The number of thioether (sulfide) groups is 1. The van der Waals surface area contributed by atoms with E-state index in [0.29, 0.717) is 22.0 Å². The molecule has 0 unspecified atom stereocenters. The third-order valence-electron chi connectivity index (χ3n) is 7.26. The number of halogens is 1. The monoisotopic (exact) mass is 576 g/mol. The number of ether oxygens (including phenoxy) is 1. The van der Waals surface area contributed by atoms with Crippen molar-refractivity contribution in [3.05, 3.63) is 87.8 Å². The van der Waals surface area contributed by atoms with E-state index in [-0.39, 0.29) is 11.8 Å². The zero-order valence-electron chi connectivity index (χ0n) is 22.7. The van der Waals surface area contributed by atoms with Crippen molar-refractivity contribution in [1.82, 2.24) is 10.2 Å². The van der Waals surface area contributed by atoms with Gasteiger partial charge in [0, 0.05) is 60.9 Å². The van der Waals surface area contributed by atoms with E-state index in [1.807, 2.05) is 48.5 Å². The molecule has 2 aliphatic rings. The molecule has 9 heteroatoms. The van der Waals surface area contributed by atoms with E-state index in [1.54, 1.807) is 31.2 Å². The molecule has 0 saturated carbocycles. The van der Waals surface area contributed by atoms with Crippen molar-refractivity contribution in [2.75, 3.05) is 63.2 Å². The first-order valence-corrected chi connectivity index (χ1v) is 14.6. The van der Waals surface area contributed by atoms with Crippen LogP contribution in [-0.4, -0.2) is 70.1 Å². The maximum Gasteiger partial charge on any atom is 0.264 e. The van der Waals surface area contributed by atoms with Crippen LogP contribution in [0.15, 0.2) is 76.5 Å². The Kier molecular flexibility index (Phi) is 8.99. The number of methoxy groups -OCH3 is 1. The van der Waals surface area contributed by atoms with Crippen molar-refractivity contribution in [3.8, 4) is 5.75 Å². The molecule has 2 amide bonds. The van der Waals surface area contributed by atoms with Crippen molar-refractivity contribution < 1.29 is 14.3 Å². The summed E-state index contributed by atoms with van der Waals surface area (Å²) in [6, 6.07) is 21.2. The summed E-state index contributed by atoms with van der Waals surface area (Å²) in [4.78, 5) is 33.9. The van der Waals surface area contributed by atoms with Gasteiger partial charge in [0.1, 0.15) is 5.75 Å². The number of rotatable bonds is 8. The fraction of sp³-hybridized carbons (Fsp3) is 0.290. The van der Waals surface area contributed by atoms with Crippen LogP contribution in [0.3, 0.4) is 0 Å². The minimum absolute atomic E-state index is 0.123. The highest BCUT2D eigenvalue weighted by Gasteiger charge is 2.27. The van der Waals surface area contributed by atoms with Gasteiger partial charge in [0.05, 0.1) is 17.7 Å². The molecular weight excluding hydrogens is 544 g/mol. The number of piperazine rings is 1. The van der Waals surface area contributed by atoms with Gasteiger partial charge in [0.15, 0.2) is 0 Å². The number of benzene rings is 3. The molecule has 3 aromatic carbocycles. The Labute approximate surface area is 244 Å². The second-order valence-corrected chi connectivity index (χ2v) is 11.3. The second kappa shape index (κ2) is 12.8. The first-order chi connectivity index (χ1) is 19.4. The van der Waals surface area contributed by atoms with Crippen molar-refractivity contribution in [2.24, 2.45) is 0 Å². The number of carbonyl (C=O) groups excluding carboxylic acids is 2. The molecule has 7 nitrogen and oxygen atoms in total. The number of carbonyl (C=O) groups is 2. The molecule has 208 valence electrons. The lowest BCUT2D eigenvalue weighted by molar-refractivity contribution is -0.114. The van der Waals surface area contributed by atoms with Gasteiger partial charge in [-0.15, -0.1) is 0 Å². The van der Waals surface area contributed by atoms with Gasteiger partial charge in [-0.1, -0.05) is 41.6 Å². The average molecular weight is 577 g/mol. The molecule has 0 aromatic heterocycles. The standard InChI is InChI=1S/C31H33ClN4O3S/c1-34-27-20-23(8-13-28(27)40-29(31(34)38)21-22-6-3-4-7-26(22)32)30(37)33-14-5-15-35-16-18-36(19-17-35)24-9-11-25(39-2)12-10-24/h3-4,6-13,20-21H,5,14-19H2,1-2H3,(H,33,37). The van der Waals surface area contributed by atoms with Gasteiger partial charge in [0.25, 0.3) is 11.8 Å². The molecule has 0 atom stereocenters. The van der Waals surface area contributed by atoms with E-state index in [9.17, 15) is 9.59 Å². The fourth-order valence-electron chi connectivity index (χ4n) is 4.90. The van der Waals surface area contributed by atoms with Crippen LogP contribution in [-0.2, 0) is 4.79 Å². The summed E-state index contributed by atoms with van der Waals surface area (Å²) < 4.78 is 5.25. The normalized spacial score (nSPS) is 16.7. The van der Waals surface area contributed by atoms with Crippen molar-refractivity contribution in [1.29, 1.82) is 0 Å². The Bertz CT molecular complexity index is 1400. The van der Waals surface area contributed by atoms with Crippen LogP contribution in [0.25, 0.3) is 6.08 Å². The SMILES string of the molecule is COc1ccc(N2CCN(CCCNC(=O)c3ccc4c(c3)N(C)C(=O)C(=Cc3ccccc3Cl)S4)CC2)cc1. The summed E-state index contributed by atoms with van der Waals surface area (Å²) in [5.74, 6) is 0.618. The maximum atomic E-state index is 13.1. The van der Waals surface area contributed by atoms with Crippen LogP contribution in [0.4, 0.5) is 11.4 Å². The lowest BCUT2D eigenvalue weighted by atomic mass is 10.1. The van der Waals surface area contributed by atoms with Gasteiger partial charge < -0.3 is 19.9 Å². The van der Waals surface area contributed by atoms with E-state index in [1.165, 1.54) is 17.4 Å². The highest BCUT2D eigenvalue weighted by Crippen LogP contribution is 2.42. The van der Waals surface area contributed by atoms with E-state index in [2.05, 4.69) is 27.2 Å². The van der Waals surface area contributed by atoms with Crippen molar-refractivity contribution in [3.63, 3.8) is 0 Å². The van der Waals surface area contributed by atoms with Crippen LogP contribution < -0.4 is 19.9 Å². The van der Waals surface area contributed by atoms with E-state index in [0.717, 1.165) is 61.0 Å². The molecule has 0 aliphatic carbocycles. The van der Waals surface area contributed by atoms with E-state index in [4.69, 9.17) is 16.3 Å². The molecule has 0 spiro atoms. The molecule has 1 saturated heterocycles. The first-order valence-electron chi connectivity index (χ1n) is 13.4. The Morgan fingerprint density at radius 3 is 2.52 bits per heavy atom. The first kappa shape index (κ1) is 28.1. The summed E-state index contributed by atoms with van der Waals surface area (Å²) in [6.45, 7) is 5.49. The lowest BCUT2D eigenvalue weighted by Gasteiger charge is -2.36. The predicted molar refractivity (Wildman–Crippen MR) is 164 cm³/mol. The zero-order valence-corrected chi connectivity index (χ0v) is 24.3. The number of hydrogen-bond acceptors (Lipinski definition) is 6. The minimum atomic E-state index is -0.129. The van der Waals surface area contributed by atoms with E-state index >= 15 is 0 Å². The van der Waals surface area contributed by atoms with Gasteiger partial charge in [-0.25, -0.2) is 0 Å². The maximum absolute atomic E-state index is 13.1. The topological polar surface area (TPSA) is 65.1 Å². The highest BCUT2D eigenvalue weighted by molar-refractivity contribution is 8.04. The Hall–Kier alpha value is -3.46. The molecule has 3 aromatic rings. The number of fused-ring (bicyclic) bond motifs is 1. The number of nitrogens with one attached hydrogen (secondary N) is 1. The quantitative estimate of drug-likeness (QED) is 0.286. The molecule has 0 radical (unpaired) electrons. The van der Waals surface area contributed by atoms with Gasteiger partial charge in [0.2, 0.25) is 0 Å². The third kappa shape index (κ3) is 6.46. The highest BCUT2D eigenvalue weighted by atomic mass is 35.5. The second-order valence-electron chi connectivity index (χ2n) is 9.82. The van der Waals surface area contributed by atoms with Crippen molar-refractivity contribution >= 4 is 52.6 Å². The molecular formula is C31H33ClN4O3S. The molecule has 0 bridgehead atoms. The Balaban J connectivity index is 1.10. The molecule has 2 heterocycles. The van der Waals surface area contributed by atoms with Gasteiger partial charge >= 0.3 is 0 Å². The van der Waals surface area contributed by atoms with Crippen LogP contribution >= 0.6 is 23.4 Å². The number of amides is 2. The molecule has 40 heavy (non-hydrogen) atoms. The van der Waals surface area contributed by atoms with Crippen molar-refractivity contribution in [2.45, 2.75) is 11.3 Å². The summed E-state index contributed by atoms with van der Waals surface area (Å²) in [6.07, 6.45) is 2.69. The number of anilines is 2. The van der Waals surface area contributed by atoms with Gasteiger partial charge in [-0.3, -0.25) is 14.5 Å². The summed E-state index contributed by atoms with van der Waals surface area (Å²) >= 11 is 7.68. The van der Waals surface area contributed by atoms with Gasteiger partial charge in [-0.2, -0.15) is 0 Å². The molecule has 5 rings (SSSR count). The molecule has 1 fully saturated rings. The average Bonchev–Trinajstić information content (AvgIpc) is 2.99. The predicted octanol–water partition coefficient (Wildman–Crippen LogP) is 5.40. The number of likely N-dealkylation sites (N-methyl/N-ethyl adjacent to an activating group) is 1.